The summed E-state index contributed by atoms with van der Waals surface area (Å²) in [5.74, 6) is 0. The van der Waals surface area contributed by atoms with Crippen LogP contribution < -0.4 is 5.62 Å². The number of aliphatic hydroxyl groups is 1. The van der Waals surface area contributed by atoms with Crippen LogP contribution in [0.25, 0.3) is 11.0 Å². The molecule has 0 spiro atoms. The Balaban J connectivity index is 1.63. The molecule has 1 fully saturated rings. The van der Waals surface area contributed by atoms with E-state index in [1.165, 1.54) is 12.8 Å². The van der Waals surface area contributed by atoms with Gasteiger partial charge in [-0.2, -0.15) is 0 Å². The van der Waals surface area contributed by atoms with Crippen molar-refractivity contribution in [2.24, 2.45) is 0 Å². The fourth-order valence-corrected chi connectivity index (χ4v) is 4.26. The molecule has 1 saturated heterocycles. The minimum absolute atomic E-state index is 0.286. The van der Waals surface area contributed by atoms with Crippen LogP contribution >= 0.6 is 23.2 Å². The Kier molecular flexibility index (Phi) is 5.78. The van der Waals surface area contributed by atoms with Gasteiger partial charge in [-0.15, -0.1) is 0 Å². The number of aliphatic hydroxyl groups excluding tert-OH is 1. The molecule has 5 nitrogen and oxygen atoms in total. The largest absolute Gasteiger partial charge is 0.387 e. The Labute approximate surface area is 174 Å². The first-order valence-electron chi connectivity index (χ1n) is 9.62. The average Bonchev–Trinajstić information content (AvgIpc) is 3.30. The molecule has 2 N–H and O–H groups in total. The van der Waals surface area contributed by atoms with E-state index in [1.807, 2.05) is 33.4 Å². The Hall–Kier alpha value is -1.79. The minimum atomic E-state index is -0.776. The van der Waals surface area contributed by atoms with Crippen LogP contribution in [-0.2, 0) is 13.1 Å². The maximum atomic E-state index is 10.8. The zero-order valence-electron chi connectivity index (χ0n) is 15.6. The summed E-state index contributed by atoms with van der Waals surface area (Å²) >= 11 is 12.1. The molecule has 4 rings (SSSR count). The van der Waals surface area contributed by atoms with Gasteiger partial charge in [0.15, 0.2) is 0 Å². The highest BCUT2D eigenvalue weighted by molar-refractivity contribution is 6.42. The smallest absolute Gasteiger partial charge is 0.203 e. The number of nitrogens with zero attached hydrogens (tertiary/aromatic N) is 3. The third kappa shape index (κ3) is 3.85. The lowest BCUT2D eigenvalue weighted by molar-refractivity contribution is 0.155. The van der Waals surface area contributed by atoms with Gasteiger partial charge in [-0.05, 0) is 55.8 Å². The van der Waals surface area contributed by atoms with Crippen LogP contribution in [0.1, 0.15) is 24.5 Å². The first-order chi connectivity index (χ1) is 13.5. The molecule has 0 amide bonds. The van der Waals surface area contributed by atoms with Crippen LogP contribution in [0.2, 0.25) is 10.0 Å². The van der Waals surface area contributed by atoms with E-state index in [1.54, 1.807) is 18.2 Å². The first-order valence-corrected chi connectivity index (χ1v) is 10.4. The summed E-state index contributed by atoms with van der Waals surface area (Å²) in [5.41, 5.74) is 3.07. The molecule has 1 aliphatic rings. The van der Waals surface area contributed by atoms with Gasteiger partial charge >= 0.3 is 0 Å². The molecule has 2 heterocycles. The number of nitrogens with one attached hydrogen (secondary N) is 1. The van der Waals surface area contributed by atoms with Crippen molar-refractivity contribution in [3.8, 4) is 0 Å². The molecule has 3 aromatic rings. The number of para-hydroxylation sites is 2. The summed E-state index contributed by atoms with van der Waals surface area (Å²) < 4.78 is 3.90. The summed E-state index contributed by atoms with van der Waals surface area (Å²) in [6.07, 6.45) is 1.74. The molecule has 1 aliphatic heterocycles. The zero-order chi connectivity index (χ0) is 19.7. The van der Waals surface area contributed by atoms with Gasteiger partial charge in [-0.25, -0.2) is 0 Å². The number of rotatable bonds is 6. The van der Waals surface area contributed by atoms with Crippen molar-refractivity contribution >= 4 is 34.2 Å². The summed E-state index contributed by atoms with van der Waals surface area (Å²) in [5, 5.41) is 20.4. The molecule has 0 bridgehead atoms. The Morgan fingerprint density at radius 3 is 2.29 bits per heavy atom. The quantitative estimate of drug-likeness (QED) is 0.633. The van der Waals surface area contributed by atoms with Crippen LogP contribution in [0.15, 0.2) is 42.5 Å². The van der Waals surface area contributed by atoms with E-state index in [9.17, 15) is 5.11 Å². The molecule has 2 aromatic carbocycles. The minimum Gasteiger partial charge on any atom is -0.387 e. The van der Waals surface area contributed by atoms with Gasteiger partial charge in [0.05, 0.1) is 33.7 Å². The van der Waals surface area contributed by atoms with Crippen molar-refractivity contribution in [1.82, 2.24) is 14.0 Å². The number of halogens is 2. The Morgan fingerprint density at radius 2 is 1.61 bits per heavy atom. The highest BCUT2D eigenvalue weighted by atomic mass is 35.5. The predicted octanol–water partition coefficient (Wildman–Crippen LogP) is 4.06. The average molecular weight is 419 g/mol. The predicted molar refractivity (Wildman–Crippen MR) is 113 cm³/mol. The Morgan fingerprint density at radius 1 is 0.929 bits per heavy atom. The molecule has 28 heavy (non-hydrogen) atoms. The van der Waals surface area contributed by atoms with Crippen molar-refractivity contribution in [2.45, 2.75) is 32.0 Å². The number of aromatic nitrogens is 2. The molecular weight excluding hydrogens is 395 g/mol. The number of hydrogen-bond acceptors (Lipinski definition) is 3. The lowest BCUT2D eigenvalue weighted by Crippen LogP contribution is -2.31. The summed E-state index contributed by atoms with van der Waals surface area (Å²) in [7, 11) is 0. The van der Waals surface area contributed by atoms with Crippen LogP contribution in [0.5, 0.6) is 0 Å². The van der Waals surface area contributed by atoms with Gasteiger partial charge in [0, 0.05) is 13.1 Å². The number of imidazole rings is 1. The van der Waals surface area contributed by atoms with Gasteiger partial charge in [0.1, 0.15) is 0 Å². The first kappa shape index (κ1) is 19.5. The fourth-order valence-electron chi connectivity index (χ4n) is 3.95. The summed E-state index contributed by atoms with van der Waals surface area (Å²) in [4.78, 5) is 2.45. The lowest BCUT2D eigenvalue weighted by atomic mass is 10.1. The normalized spacial score (nSPS) is 16.1. The van der Waals surface area contributed by atoms with Gasteiger partial charge in [0.25, 0.3) is 0 Å². The lowest BCUT2D eigenvalue weighted by Gasteiger charge is -2.15. The van der Waals surface area contributed by atoms with Gasteiger partial charge in [-0.1, -0.05) is 41.4 Å². The fraction of sp³-hybridized carbons (Fsp3) is 0.381. The SMILES string of the molecule is N=c1n(CCN2CCCC2)c2ccccc2n1C[C@H](O)c1ccc(Cl)c(Cl)c1. The monoisotopic (exact) mass is 418 g/mol. The van der Waals surface area contributed by atoms with Crippen LogP contribution in [0, 0.1) is 5.41 Å². The maximum absolute atomic E-state index is 10.8. The number of benzene rings is 2. The molecule has 7 heteroatoms. The second-order valence-corrected chi connectivity index (χ2v) is 8.13. The zero-order valence-corrected chi connectivity index (χ0v) is 17.1. The van der Waals surface area contributed by atoms with Gasteiger partial charge < -0.3 is 19.1 Å². The molecule has 0 radical (unpaired) electrons. The van der Waals surface area contributed by atoms with E-state index < -0.39 is 6.10 Å². The second kappa shape index (κ2) is 8.29. The van der Waals surface area contributed by atoms with Crippen LogP contribution in [0.4, 0.5) is 0 Å². The van der Waals surface area contributed by atoms with E-state index in [0.29, 0.717) is 21.2 Å². The van der Waals surface area contributed by atoms with Crippen molar-refractivity contribution in [3.05, 3.63) is 63.7 Å². The van der Waals surface area contributed by atoms with Gasteiger partial charge in [0.2, 0.25) is 5.62 Å². The van der Waals surface area contributed by atoms with E-state index in [0.717, 1.165) is 37.2 Å². The summed E-state index contributed by atoms with van der Waals surface area (Å²) in [6.45, 7) is 4.29. The molecule has 0 aliphatic carbocycles. The topological polar surface area (TPSA) is 57.2 Å². The van der Waals surface area contributed by atoms with E-state index in [-0.39, 0.29) is 6.54 Å². The molecule has 0 saturated carbocycles. The van der Waals surface area contributed by atoms with E-state index >= 15 is 0 Å². The third-order valence-electron chi connectivity index (χ3n) is 5.50. The molecule has 0 unspecified atom stereocenters. The van der Waals surface area contributed by atoms with E-state index in [2.05, 4.69) is 4.90 Å². The standard InChI is InChI=1S/C21H24Cl2N4O/c22-16-8-7-15(13-17(16)23)20(28)14-27-19-6-2-1-5-18(19)26(21(27)24)12-11-25-9-3-4-10-25/h1-2,5-8,13,20,24,28H,3-4,9-12,14H2/t20-/m0/s1. The molecule has 148 valence electrons. The van der Waals surface area contributed by atoms with Crippen LogP contribution in [0.3, 0.4) is 0 Å². The van der Waals surface area contributed by atoms with E-state index in [4.69, 9.17) is 28.6 Å². The molecular formula is C21H24Cl2N4O. The number of hydrogen-bond donors (Lipinski definition) is 2. The second-order valence-electron chi connectivity index (χ2n) is 7.31. The highest BCUT2D eigenvalue weighted by Gasteiger charge is 2.17. The number of fused-ring (bicyclic) bond motifs is 1. The summed E-state index contributed by atoms with van der Waals surface area (Å²) in [6, 6.07) is 13.2. The maximum Gasteiger partial charge on any atom is 0.203 e. The van der Waals surface area contributed by atoms with Crippen molar-refractivity contribution in [1.29, 1.82) is 5.41 Å². The van der Waals surface area contributed by atoms with Gasteiger partial charge in [-0.3, -0.25) is 5.41 Å². The number of likely N-dealkylation sites (tertiary alicyclic amines) is 1. The van der Waals surface area contributed by atoms with Crippen molar-refractivity contribution < 1.29 is 5.11 Å². The Bertz CT molecular complexity index is 1040. The van der Waals surface area contributed by atoms with Crippen molar-refractivity contribution in [3.63, 3.8) is 0 Å². The molecule has 1 aromatic heterocycles. The third-order valence-corrected chi connectivity index (χ3v) is 6.24. The highest BCUT2D eigenvalue weighted by Crippen LogP contribution is 2.27. The van der Waals surface area contributed by atoms with Crippen LogP contribution in [-0.4, -0.2) is 38.8 Å². The van der Waals surface area contributed by atoms with Crippen molar-refractivity contribution in [2.75, 3.05) is 19.6 Å². The molecule has 1 atom stereocenters.